The Hall–Kier alpha value is -0.540. The van der Waals surface area contributed by atoms with Crippen LogP contribution in [0.3, 0.4) is 0 Å². The van der Waals surface area contributed by atoms with Crippen molar-refractivity contribution in [2.75, 3.05) is 6.61 Å². The van der Waals surface area contributed by atoms with E-state index in [1.165, 1.54) is 25.7 Å². The highest BCUT2D eigenvalue weighted by Gasteiger charge is 2.33. The molecule has 0 radical (unpaired) electrons. The number of ether oxygens (including phenoxy) is 1. The van der Waals surface area contributed by atoms with E-state index < -0.39 is 0 Å². The maximum Gasteiger partial charge on any atom is 0.111 e. The van der Waals surface area contributed by atoms with Crippen molar-refractivity contribution < 1.29 is 4.74 Å². The molecule has 17 heavy (non-hydrogen) atoms. The number of allylic oxidation sites excluding steroid dienone is 1. The summed E-state index contributed by atoms with van der Waals surface area (Å²) >= 11 is 0. The Labute approximate surface area is 105 Å². The summed E-state index contributed by atoms with van der Waals surface area (Å²) in [5.74, 6) is 7.45. The van der Waals surface area contributed by atoms with E-state index in [4.69, 9.17) is 10.6 Å². The van der Waals surface area contributed by atoms with Crippen LogP contribution in [0.25, 0.3) is 0 Å². The van der Waals surface area contributed by atoms with Crippen molar-refractivity contribution in [1.29, 1.82) is 0 Å². The zero-order valence-electron chi connectivity index (χ0n) is 11.2. The minimum absolute atomic E-state index is 0.228. The number of rotatable bonds is 3. The van der Waals surface area contributed by atoms with Crippen molar-refractivity contribution in [3.63, 3.8) is 0 Å². The van der Waals surface area contributed by atoms with Gasteiger partial charge in [0.1, 0.15) is 5.76 Å². The Morgan fingerprint density at radius 3 is 2.65 bits per heavy atom. The third-order valence-corrected chi connectivity index (χ3v) is 4.30. The first-order valence-electron chi connectivity index (χ1n) is 6.91. The lowest BCUT2D eigenvalue weighted by Gasteiger charge is -2.38. The molecule has 0 spiro atoms. The SMILES string of the molecule is CC1(C)CCC(C(NN)C2=CCCCO2)CC1. The van der Waals surface area contributed by atoms with Crippen LogP contribution in [-0.2, 0) is 4.74 Å². The summed E-state index contributed by atoms with van der Waals surface area (Å²) in [6.07, 6.45) is 9.58. The Kier molecular flexibility index (Phi) is 4.10. The summed E-state index contributed by atoms with van der Waals surface area (Å²) in [4.78, 5) is 0. The lowest BCUT2D eigenvalue weighted by molar-refractivity contribution is 0.116. The molecule has 1 fully saturated rings. The van der Waals surface area contributed by atoms with E-state index in [0.717, 1.165) is 25.2 Å². The van der Waals surface area contributed by atoms with E-state index in [1.807, 2.05) is 0 Å². The molecule has 2 rings (SSSR count). The van der Waals surface area contributed by atoms with E-state index in [-0.39, 0.29) is 6.04 Å². The molecule has 1 heterocycles. The van der Waals surface area contributed by atoms with Crippen LogP contribution in [0.15, 0.2) is 11.8 Å². The van der Waals surface area contributed by atoms with Crippen molar-refractivity contribution in [1.82, 2.24) is 5.43 Å². The third kappa shape index (κ3) is 3.23. The summed E-state index contributed by atoms with van der Waals surface area (Å²) < 4.78 is 5.75. The molecular formula is C14H26N2O. The van der Waals surface area contributed by atoms with Crippen LogP contribution in [0.4, 0.5) is 0 Å². The van der Waals surface area contributed by atoms with Crippen LogP contribution in [-0.4, -0.2) is 12.6 Å². The van der Waals surface area contributed by atoms with Gasteiger partial charge in [0.2, 0.25) is 0 Å². The highest BCUT2D eigenvalue weighted by atomic mass is 16.5. The van der Waals surface area contributed by atoms with Gasteiger partial charge in [-0.25, -0.2) is 5.43 Å². The van der Waals surface area contributed by atoms with Crippen molar-refractivity contribution in [3.05, 3.63) is 11.8 Å². The average Bonchev–Trinajstić information content (AvgIpc) is 2.33. The van der Waals surface area contributed by atoms with Gasteiger partial charge in [-0.2, -0.15) is 0 Å². The van der Waals surface area contributed by atoms with Gasteiger partial charge in [-0.05, 0) is 55.9 Å². The third-order valence-electron chi connectivity index (χ3n) is 4.30. The fourth-order valence-corrected chi connectivity index (χ4v) is 3.00. The molecule has 1 unspecified atom stereocenters. The summed E-state index contributed by atoms with van der Waals surface area (Å²) in [5.41, 5.74) is 3.49. The number of nitrogens with two attached hydrogens (primary N) is 1. The van der Waals surface area contributed by atoms with Gasteiger partial charge in [0.05, 0.1) is 12.6 Å². The predicted molar refractivity (Wildman–Crippen MR) is 70.1 cm³/mol. The topological polar surface area (TPSA) is 47.3 Å². The molecule has 0 bridgehead atoms. The van der Waals surface area contributed by atoms with Crippen LogP contribution < -0.4 is 11.3 Å². The highest BCUT2D eigenvalue weighted by Crippen LogP contribution is 2.40. The minimum atomic E-state index is 0.228. The molecule has 1 aliphatic carbocycles. The van der Waals surface area contributed by atoms with Crippen LogP contribution >= 0.6 is 0 Å². The quantitative estimate of drug-likeness (QED) is 0.587. The summed E-state index contributed by atoms with van der Waals surface area (Å²) in [6, 6.07) is 0.228. The van der Waals surface area contributed by atoms with Crippen molar-refractivity contribution in [2.45, 2.75) is 58.4 Å². The Bertz CT molecular complexity index is 276. The number of hydrazine groups is 1. The molecule has 0 saturated heterocycles. The molecule has 3 heteroatoms. The number of nitrogens with one attached hydrogen (secondary N) is 1. The molecule has 0 aromatic heterocycles. The molecule has 3 nitrogen and oxygen atoms in total. The first-order chi connectivity index (χ1) is 8.12. The second-order valence-corrected chi connectivity index (χ2v) is 6.24. The molecule has 2 aliphatic rings. The second kappa shape index (κ2) is 5.40. The molecular weight excluding hydrogens is 212 g/mol. The zero-order chi connectivity index (χ0) is 12.3. The van der Waals surface area contributed by atoms with Crippen LogP contribution in [0.1, 0.15) is 52.4 Å². The van der Waals surface area contributed by atoms with Gasteiger partial charge in [-0.1, -0.05) is 13.8 Å². The van der Waals surface area contributed by atoms with Crippen LogP contribution in [0.2, 0.25) is 0 Å². The Morgan fingerprint density at radius 2 is 2.12 bits per heavy atom. The highest BCUT2D eigenvalue weighted by molar-refractivity contribution is 5.08. The normalized spacial score (nSPS) is 27.1. The van der Waals surface area contributed by atoms with E-state index >= 15 is 0 Å². The van der Waals surface area contributed by atoms with E-state index in [9.17, 15) is 0 Å². The monoisotopic (exact) mass is 238 g/mol. The summed E-state index contributed by atoms with van der Waals surface area (Å²) in [6.45, 7) is 5.58. The maximum absolute atomic E-state index is 5.75. The van der Waals surface area contributed by atoms with Gasteiger partial charge in [0, 0.05) is 0 Å². The predicted octanol–water partition coefficient (Wildman–Crippen LogP) is 2.73. The minimum Gasteiger partial charge on any atom is -0.497 e. The maximum atomic E-state index is 5.75. The van der Waals surface area contributed by atoms with Gasteiger partial charge < -0.3 is 4.74 Å². The van der Waals surface area contributed by atoms with Gasteiger partial charge >= 0.3 is 0 Å². The van der Waals surface area contributed by atoms with Crippen molar-refractivity contribution in [3.8, 4) is 0 Å². The number of hydrogen-bond donors (Lipinski definition) is 2. The Morgan fingerprint density at radius 1 is 1.41 bits per heavy atom. The smallest absolute Gasteiger partial charge is 0.111 e. The first-order valence-corrected chi connectivity index (χ1v) is 6.91. The Balaban J connectivity index is 1.97. The van der Waals surface area contributed by atoms with Gasteiger partial charge in [0.15, 0.2) is 0 Å². The fourth-order valence-electron chi connectivity index (χ4n) is 3.00. The van der Waals surface area contributed by atoms with E-state index in [2.05, 4.69) is 25.3 Å². The molecule has 1 atom stereocenters. The van der Waals surface area contributed by atoms with Crippen molar-refractivity contribution in [2.24, 2.45) is 17.2 Å². The average molecular weight is 238 g/mol. The fraction of sp³-hybridized carbons (Fsp3) is 0.857. The second-order valence-electron chi connectivity index (χ2n) is 6.24. The van der Waals surface area contributed by atoms with E-state index in [1.54, 1.807) is 0 Å². The molecule has 0 aromatic rings. The lowest BCUT2D eigenvalue weighted by Crippen LogP contribution is -2.45. The van der Waals surface area contributed by atoms with Gasteiger partial charge in [-0.15, -0.1) is 0 Å². The lowest BCUT2D eigenvalue weighted by atomic mass is 9.71. The van der Waals surface area contributed by atoms with Crippen LogP contribution in [0, 0.1) is 11.3 Å². The standard InChI is InChI=1S/C14H26N2O/c1-14(2)8-6-11(7-9-14)13(16-15)12-5-3-4-10-17-12/h5,11,13,16H,3-4,6-10,15H2,1-2H3. The summed E-state index contributed by atoms with van der Waals surface area (Å²) in [7, 11) is 0. The molecule has 3 N–H and O–H groups in total. The first kappa shape index (κ1) is 12.9. The molecule has 98 valence electrons. The van der Waals surface area contributed by atoms with E-state index in [0.29, 0.717) is 11.3 Å². The summed E-state index contributed by atoms with van der Waals surface area (Å²) in [5, 5.41) is 0. The van der Waals surface area contributed by atoms with Gasteiger partial charge in [0.25, 0.3) is 0 Å². The molecule has 1 aliphatic heterocycles. The van der Waals surface area contributed by atoms with Crippen LogP contribution in [0.5, 0.6) is 0 Å². The molecule has 1 saturated carbocycles. The van der Waals surface area contributed by atoms with Gasteiger partial charge in [-0.3, -0.25) is 5.84 Å². The number of hydrogen-bond acceptors (Lipinski definition) is 3. The molecule has 0 aromatic carbocycles. The zero-order valence-corrected chi connectivity index (χ0v) is 11.2. The molecule has 0 amide bonds. The largest absolute Gasteiger partial charge is 0.497 e. The van der Waals surface area contributed by atoms with Crippen molar-refractivity contribution >= 4 is 0 Å².